The Balaban J connectivity index is 2.21. The van der Waals surface area contributed by atoms with Gasteiger partial charge in [0, 0.05) is 11.3 Å². The lowest BCUT2D eigenvalue weighted by atomic mass is 9.99. The van der Waals surface area contributed by atoms with Gasteiger partial charge in [0.2, 0.25) is 0 Å². The van der Waals surface area contributed by atoms with E-state index in [2.05, 4.69) is 5.32 Å². The number of nitrogens with one attached hydrogen (secondary N) is 1. The average Bonchev–Trinajstić information content (AvgIpc) is 2.83. The second-order valence-corrected chi connectivity index (χ2v) is 6.88. The molecule has 31 heavy (non-hydrogen) atoms. The van der Waals surface area contributed by atoms with Crippen molar-refractivity contribution in [1.82, 2.24) is 0 Å². The van der Waals surface area contributed by atoms with Gasteiger partial charge in [-0.2, -0.15) is 0 Å². The van der Waals surface area contributed by atoms with Crippen molar-refractivity contribution in [2.24, 2.45) is 0 Å². The quantitative estimate of drug-likeness (QED) is 0.330. The summed E-state index contributed by atoms with van der Waals surface area (Å²) in [6.07, 6.45) is 0. The largest absolute Gasteiger partial charge is 0.493 e. The van der Waals surface area contributed by atoms with E-state index in [1.165, 1.54) is 0 Å². The summed E-state index contributed by atoms with van der Waals surface area (Å²) in [6.45, 7) is 0. The van der Waals surface area contributed by atoms with Crippen LogP contribution in [0.25, 0.3) is 11.3 Å². The third kappa shape index (κ3) is 5.06. The van der Waals surface area contributed by atoms with Gasteiger partial charge in [0.1, 0.15) is 0 Å². The minimum Gasteiger partial charge on any atom is -0.493 e. The van der Waals surface area contributed by atoms with Gasteiger partial charge in [-0.1, -0.05) is 24.3 Å². The summed E-state index contributed by atoms with van der Waals surface area (Å²) in [5.74, 6) is 2.86. The number of hydrogen-bond donors (Lipinski definition) is 1. The van der Waals surface area contributed by atoms with Crippen molar-refractivity contribution in [3.05, 3.63) is 77.9 Å². The molecule has 0 radical (unpaired) electrons. The molecule has 0 bridgehead atoms. The summed E-state index contributed by atoms with van der Waals surface area (Å²) in [7, 11) is 6.46. The molecule has 5 nitrogen and oxygen atoms in total. The van der Waals surface area contributed by atoms with Crippen LogP contribution >= 0.6 is 11.6 Å². The molecule has 3 rings (SSSR count). The lowest BCUT2D eigenvalue weighted by Crippen LogP contribution is -2.05. The number of para-hydroxylation sites is 1. The zero-order chi connectivity index (χ0) is 22.2. The van der Waals surface area contributed by atoms with E-state index >= 15 is 0 Å². The van der Waals surface area contributed by atoms with Crippen LogP contribution in [-0.2, 0) is 0 Å². The van der Waals surface area contributed by atoms with E-state index < -0.39 is 0 Å². The molecule has 3 aromatic rings. The first kappa shape index (κ1) is 22.4. The van der Waals surface area contributed by atoms with Crippen molar-refractivity contribution < 1.29 is 18.9 Å². The summed E-state index contributed by atoms with van der Waals surface area (Å²) in [5, 5.41) is 3.53. The maximum absolute atomic E-state index is 6.49. The van der Waals surface area contributed by atoms with Crippen molar-refractivity contribution in [3.63, 3.8) is 0 Å². The Labute approximate surface area is 188 Å². The number of allylic oxidation sites excluding steroid dienone is 1. The average molecular weight is 440 g/mol. The summed E-state index contributed by atoms with van der Waals surface area (Å²) >= 11 is 6.49. The molecule has 0 aromatic heterocycles. The molecule has 6 heteroatoms. The van der Waals surface area contributed by atoms with Gasteiger partial charge in [0.15, 0.2) is 23.0 Å². The van der Waals surface area contributed by atoms with Gasteiger partial charge in [-0.25, -0.2) is 0 Å². The monoisotopic (exact) mass is 439 g/mol. The summed E-state index contributed by atoms with van der Waals surface area (Å²) < 4.78 is 21.8. The molecule has 3 aromatic carbocycles. The number of rotatable bonds is 9. The SMILES string of the molecule is COc1ccc(/C(CCl)=C(/Nc2ccccc2)c2ccc(OC)c(OC)c2)cc1OC. The second-order valence-electron chi connectivity index (χ2n) is 6.62. The molecule has 1 N–H and O–H groups in total. The third-order valence-electron chi connectivity index (χ3n) is 4.88. The van der Waals surface area contributed by atoms with Crippen LogP contribution in [0, 0.1) is 0 Å². The van der Waals surface area contributed by atoms with Crippen molar-refractivity contribution in [2.45, 2.75) is 0 Å². The van der Waals surface area contributed by atoms with E-state index in [-0.39, 0.29) is 5.88 Å². The summed E-state index contributed by atoms with van der Waals surface area (Å²) in [4.78, 5) is 0. The molecule has 0 unspecified atom stereocenters. The van der Waals surface area contributed by atoms with Gasteiger partial charge in [-0.05, 0) is 53.6 Å². The Morgan fingerprint density at radius 3 is 1.71 bits per heavy atom. The van der Waals surface area contributed by atoms with Gasteiger partial charge in [-0.15, -0.1) is 11.6 Å². The van der Waals surface area contributed by atoms with Crippen LogP contribution < -0.4 is 24.3 Å². The fourth-order valence-corrected chi connectivity index (χ4v) is 3.58. The highest BCUT2D eigenvalue weighted by Crippen LogP contribution is 2.37. The predicted molar refractivity (Wildman–Crippen MR) is 127 cm³/mol. The molecule has 0 saturated carbocycles. The molecule has 0 amide bonds. The maximum atomic E-state index is 6.49. The molecule has 0 spiro atoms. The lowest BCUT2D eigenvalue weighted by Gasteiger charge is -2.19. The number of benzene rings is 3. The number of hydrogen-bond acceptors (Lipinski definition) is 5. The second kappa shape index (κ2) is 10.6. The van der Waals surface area contributed by atoms with Crippen LogP contribution in [0.15, 0.2) is 66.7 Å². The number of halogens is 1. The third-order valence-corrected chi connectivity index (χ3v) is 5.15. The molecule has 0 saturated heterocycles. The number of methoxy groups -OCH3 is 4. The van der Waals surface area contributed by atoms with Gasteiger partial charge in [-0.3, -0.25) is 0 Å². The van der Waals surface area contributed by atoms with Gasteiger partial charge >= 0.3 is 0 Å². The zero-order valence-electron chi connectivity index (χ0n) is 18.1. The summed E-state index contributed by atoms with van der Waals surface area (Å²) in [5.41, 5.74) is 4.52. The number of ether oxygens (including phenoxy) is 4. The molecule has 162 valence electrons. The number of alkyl halides is 1. The van der Waals surface area contributed by atoms with E-state index in [9.17, 15) is 0 Å². The van der Waals surface area contributed by atoms with Crippen molar-refractivity contribution in [1.29, 1.82) is 0 Å². The first-order valence-corrected chi connectivity index (χ1v) is 10.2. The van der Waals surface area contributed by atoms with E-state index in [0.29, 0.717) is 23.0 Å². The van der Waals surface area contributed by atoms with E-state index in [4.69, 9.17) is 30.5 Å². The number of anilines is 1. The Morgan fingerprint density at radius 2 is 1.19 bits per heavy atom. The molecule has 0 aliphatic heterocycles. The molecule has 0 fully saturated rings. The van der Waals surface area contributed by atoms with Crippen LogP contribution in [0.2, 0.25) is 0 Å². The highest BCUT2D eigenvalue weighted by atomic mass is 35.5. The topological polar surface area (TPSA) is 49.0 Å². The molecule has 0 aliphatic carbocycles. The zero-order valence-corrected chi connectivity index (χ0v) is 18.8. The molecule has 0 atom stereocenters. The molecule has 0 heterocycles. The lowest BCUT2D eigenvalue weighted by molar-refractivity contribution is 0.355. The summed E-state index contributed by atoms with van der Waals surface area (Å²) in [6, 6.07) is 21.5. The minimum atomic E-state index is 0.277. The first-order valence-electron chi connectivity index (χ1n) is 9.71. The Morgan fingerprint density at radius 1 is 0.677 bits per heavy atom. The Kier molecular flexibility index (Phi) is 7.68. The van der Waals surface area contributed by atoms with Crippen LogP contribution in [0.5, 0.6) is 23.0 Å². The van der Waals surface area contributed by atoms with Crippen molar-refractivity contribution >= 4 is 28.6 Å². The normalized spacial score (nSPS) is 11.4. The highest BCUT2D eigenvalue weighted by molar-refractivity contribution is 6.25. The Bertz CT molecular complexity index is 1050. The highest BCUT2D eigenvalue weighted by Gasteiger charge is 2.16. The van der Waals surface area contributed by atoms with Crippen LogP contribution in [-0.4, -0.2) is 34.3 Å². The van der Waals surface area contributed by atoms with E-state index in [0.717, 1.165) is 28.1 Å². The Hall–Kier alpha value is -3.31. The molecular formula is C25H26ClNO4. The fraction of sp³-hybridized carbons (Fsp3) is 0.200. The molecule has 0 aliphatic rings. The van der Waals surface area contributed by atoms with Gasteiger partial charge in [0.25, 0.3) is 0 Å². The fourth-order valence-electron chi connectivity index (χ4n) is 3.29. The standard InChI is InChI=1S/C25H26ClNO4/c1-28-21-12-10-17(14-23(21)30-3)20(16-26)25(27-19-8-6-5-7-9-19)18-11-13-22(29-2)24(15-18)31-4/h5-15,27H,16H2,1-4H3/b25-20+. The minimum absolute atomic E-state index is 0.277. The van der Waals surface area contributed by atoms with Crippen LogP contribution in [0.1, 0.15) is 11.1 Å². The molecular weight excluding hydrogens is 414 g/mol. The van der Waals surface area contributed by atoms with Crippen LogP contribution in [0.3, 0.4) is 0 Å². The van der Waals surface area contributed by atoms with Gasteiger partial charge < -0.3 is 24.3 Å². The smallest absolute Gasteiger partial charge is 0.161 e. The van der Waals surface area contributed by atoms with Crippen LogP contribution in [0.4, 0.5) is 5.69 Å². The van der Waals surface area contributed by atoms with E-state index in [1.807, 2.05) is 66.7 Å². The van der Waals surface area contributed by atoms with E-state index in [1.54, 1.807) is 28.4 Å². The van der Waals surface area contributed by atoms with Crippen molar-refractivity contribution in [2.75, 3.05) is 39.6 Å². The maximum Gasteiger partial charge on any atom is 0.161 e. The first-order chi connectivity index (χ1) is 15.1. The van der Waals surface area contributed by atoms with Crippen molar-refractivity contribution in [3.8, 4) is 23.0 Å². The van der Waals surface area contributed by atoms with Gasteiger partial charge in [0.05, 0.1) is 40.0 Å². The predicted octanol–water partition coefficient (Wildman–Crippen LogP) is 5.94.